The zero-order valence-electron chi connectivity index (χ0n) is 44.2. The van der Waals surface area contributed by atoms with Crippen LogP contribution in [-0.4, -0.2) is 45.5 Å². The third kappa shape index (κ3) is 15.2. The number of terminal acetylenes is 3. The molecule has 0 bridgehead atoms. The number of hydrogen-bond donors (Lipinski definition) is 2. The van der Waals surface area contributed by atoms with E-state index < -0.39 is 0 Å². The van der Waals surface area contributed by atoms with Crippen molar-refractivity contribution < 1.29 is 19.0 Å². The fourth-order valence-electron chi connectivity index (χ4n) is 8.05. The summed E-state index contributed by atoms with van der Waals surface area (Å²) in [5.41, 5.74) is 18.0. The number of hydrogen-bond acceptors (Lipinski definition) is 10. The van der Waals surface area contributed by atoms with Gasteiger partial charge in [0.15, 0.2) is 15.7 Å². The number of ketones is 1. The Balaban J connectivity index is 0.000000171. The molecule has 0 unspecified atom stereocenters. The Labute approximate surface area is 462 Å². The molecule has 9 aromatic rings. The van der Waals surface area contributed by atoms with Gasteiger partial charge in [-0.3, -0.25) is 4.79 Å². The van der Waals surface area contributed by atoms with Crippen LogP contribution in [0.3, 0.4) is 0 Å². The molecule has 0 amide bonds. The summed E-state index contributed by atoms with van der Waals surface area (Å²) in [4.78, 5) is 30.0. The number of thioether (sulfide) groups is 1. The van der Waals surface area contributed by atoms with Gasteiger partial charge in [-0.25, -0.2) is 15.0 Å². The number of rotatable bonds is 16. The van der Waals surface area contributed by atoms with Gasteiger partial charge < -0.3 is 24.9 Å². The first-order chi connectivity index (χ1) is 37.2. The van der Waals surface area contributed by atoms with Crippen LogP contribution < -0.4 is 19.9 Å². The maximum Gasteiger partial charge on any atom is 0.197 e. The number of carbonyl (C=O) groups is 1. The number of carbonyl (C=O) groups excluding carboxylic acids is 1. The highest BCUT2D eigenvalue weighted by Crippen LogP contribution is 2.34. The SMILES string of the molecule is C#CCOc1ccc(N)c(C(=O)c2ccc(C(C)C)cc2)c1.C#CCOc1ccc2[nH]c(=S)nc(-c3ccc(C(C)C)cc3)c2c1.C#CCOc1ccc2nc(SCc3ccccc3)nc(-c3ccc(C(C)C)cc3)c2c1. The molecule has 2 heterocycles. The van der Waals surface area contributed by atoms with Gasteiger partial charge in [0, 0.05) is 44.5 Å². The summed E-state index contributed by atoms with van der Waals surface area (Å²) >= 11 is 6.92. The Morgan fingerprint density at radius 3 is 1.60 bits per heavy atom. The molecule has 77 heavy (non-hydrogen) atoms. The molecule has 9 rings (SSSR count). The highest BCUT2D eigenvalue weighted by atomic mass is 32.2. The molecule has 2 aromatic heterocycles. The first-order valence-electron chi connectivity index (χ1n) is 25.2. The van der Waals surface area contributed by atoms with Gasteiger partial charge in [0.05, 0.1) is 22.4 Å². The van der Waals surface area contributed by atoms with Gasteiger partial charge in [-0.2, -0.15) is 0 Å². The Kier molecular flexibility index (Phi) is 19.8. The number of anilines is 1. The number of fused-ring (bicyclic) bond motifs is 2. The number of nitrogens with one attached hydrogen (secondary N) is 1. The minimum Gasteiger partial charge on any atom is -0.481 e. The lowest BCUT2D eigenvalue weighted by atomic mass is 9.97. The van der Waals surface area contributed by atoms with E-state index in [-0.39, 0.29) is 25.6 Å². The second-order valence-electron chi connectivity index (χ2n) is 18.8. The number of nitrogens with zero attached hydrogens (tertiary/aromatic N) is 3. The summed E-state index contributed by atoms with van der Waals surface area (Å²) in [6.45, 7) is 13.6. The monoisotopic (exact) mass is 1050 g/mol. The van der Waals surface area contributed by atoms with Gasteiger partial charge in [0.2, 0.25) is 0 Å². The van der Waals surface area contributed by atoms with E-state index in [9.17, 15) is 4.79 Å². The molecule has 0 saturated carbocycles. The quantitative estimate of drug-likeness (QED) is 0.0241. The lowest BCUT2D eigenvalue weighted by Crippen LogP contribution is -2.06. The average Bonchev–Trinajstić information content (AvgIpc) is 3.45. The first kappa shape index (κ1) is 56.1. The van der Waals surface area contributed by atoms with Gasteiger partial charge in [-0.1, -0.05) is 174 Å². The smallest absolute Gasteiger partial charge is 0.197 e. The van der Waals surface area contributed by atoms with Gasteiger partial charge >= 0.3 is 0 Å². The molecule has 0 fully saturated rings. The molecular formula is C66H61N5O4S2. The molecule has 386 valence electrons. The normalized spacial score (nSPS) is 10.7. The van der Waals surface area contributed by atoms with E-state index >= 15 is 0 Å². The number of benzene rings is 7. The standard InChI is InChI=1S/C27H24N2OS.C20H18N2OS.C19H19NO2/c1-4-16-30-23-14-15-25-24(17-23)26(22-12-10-21(11-13-22)19(2)3)29-27(28-25)31-18-20-8-6-5-7-9-20;1-4-11-23-16-9-10-18-17(12-16)19(22-20(24)21-18)15-7-5-14(6-8-15)13(2)3;1-4-11-22-16-9-10-18(20)17(12-16)19(21)15-7-5-14(6-8-15)13(2)3/h1,5-15,17,19H,16,18H2,2-3H3;1,5-10,12-13H,11H2,2-3H3,(H,21,22,24);1,5-10,12-13H,11,20H2,2-3H3. The van der Waals surface area contributed by atoms with Crippen LogP contribution in [0.4, 0.5) is 5.69 Å². The van der Waals surface area contributed by atoms with Gasteiger partial charge in [0.1, 0.15) is 37.1 Å². The van der Waals surface area contributed by atoms with E-state index in [4.69, 9.17) is 61.4 Å². The highest BCUT2D eigenvalue weighted by molar-refractivity contribution is 7.98. The fourth-order valence-corrected chi connectivity index (χ4v) is 9.06. The molecule has 0 saturated heterocycles. The predicted molar refractivity (Wildman–Crippen MR) is 319 cm³/mol. The van der Waals surface area contributed by atoms with Crippen LogP contribution in [0.25, 0.3) is 44.3 Å². The molecule has 9 nitrogen and oxygen atoms in total. The molecule has 0 aliphatic rings. The van der Waals surface area contributed by atoms with Crippen LogP contribution in [0.5, 0.6) is 17.2 Å². The summed E-state index contributed by atoms with van der Waals surface area (Å²) in [6.07, 6.45) is 15.8. The zero-order chi connectivity index (χ0) is 54.8. The van der Waals surface area contributed by atoms with Crippen molar-refractivity contribution in [1.82, 2.24) is 19.9 Å². The third-order valence-electron chi connectivity index (χ3n) is 12.3. The van der Waals surface area contributed by atoms with E-state index in [1.807, 2.05) is 66.7 Å². The van der Waals surface area contributed by atoms with Gasteiger partial charge in [-0.05, 0) is 107 Å². The summed E-state index contributed by atoms with van der Waals surface area (Å²) in [5, 5.41) is 2.67. The first-order valence-corrected chi connectivity index (χ1v) is 26.6. The summed E-state index contributed by atoms with van der Waals surface area (Å²) in [7, 11) is 0. The Hall–Kier alpha value is -8.66. The van der Waals surface area contributed by atoms with E-state index in [0.717, 1.165) is 61.0 Å². The molecule has 0 radical (unpaired) electrons. The van der Waals surface area contributed by atoms with E-state index in [0.29, 0.717) is 50.8 Å². The number of nitrogen functional groups attached to an aromatic ring is 1. The predicted octanol–water partition coefficient (Wildman–Crippen LogP) is 15.5. The van der Waals surface area contributed by atoms with Crippen molar-refractivity contribution >= 4 is 57.3 Å². The third-order valence-corrected chi connectivity index (χ3v) is 13.4. The van der Waals surface area contributed by atoms with Crippen LogP contribution in [-0.2, 0) is 5.75 Å². The van der Waals surface area contributed by atoms with Crippen molar-refractivity contribution in [2.75, 3.05) is 25.6 Å². The molecule has 7 aromatic carbocycles. The molecule has 0 atom stereocenters. The minimum absolute atomic E-state index is 0.126. The maximum atomic E-state index is 12.6. The number of aromatic nitrogens is 4. The van der Waals surface area contributed by atoms with Crippen molar-refractivity contribution in [1.29, 1.82) is 0 Å². The number of ether oxygens (including phenoxy) is 3. The average molecular weight is 1050 g/mol. The second-order valence-corrected chi connectivity index (χ2v) is 20.1. The van der Waals surface area contributed by atoms with Crippen molar-refractivity contribution in [3.63, 3.8) is 0 Å². The summed E-state index contributed by atoms with van der Waals surface area (Å²) < 4.78 is 17.0. The number of aromatic amines is 1. The molecular weight excluding hydrogens is 991 g/mol. The van der Waals surface area contributed by atoms with Crippen molar-refractivity contribution in [2.45, 2.75) is 70.2 Å². The lowest BCUT2D eigenvalue weighted by molar-refractivity contribution is 0.103. The summed E-state index contributed by atoms with van der Waals surface area (Å²) in [6, 6.07) is 51.6. The second kappa shape index (κ2) is 27.2. The van der Waals surface area contributed by atoms with Crippen LogP contribution >= 0.6 is 24.0 Å². The summed E-state index contributed by atoms with van der Waals surface area (Å²) in [5.74, 6) is 11.4. The van der Waals surface area contributed by atoms with Crippen molar-refractivity contribution in [3.05, 3.63) is 196 Å². The van der Waals surface area contributed by atoms with Crippen molar-refractivity contribution in [3.8, 4) is 76.8 Å². The Morgan fingerprint density at radius 1 is 0.584 bits per heavy atom. The zero-order valence-corrected chi connectivity index (χ0v) is 45.8. The Bertz CT molecular complexity index is 3650. The maximum absolute atomic E-state index is 12.6. The van der Waals surface area contributed by atoms with E-state index in [1.54, 1.807) is 30.0 Å². The van der Waals surface area contributed by atoms with Crippen LogP contribution in [0.15, 0.2) is 163 Å². The molecule has 0 spiro atoms. The van der Waals surface area contributed by atoms with Crippen LogP contribution in [0, 0.1) is 41.8 Å². The lowest BCUT2D eigenvalue weighted by Gasteiger charge is -2.12. The Morgan fingerprint density at radius 2 is 1.06 bits per heavy atom. The fraction of sp³-hybridized carbons (Fsp3) is 0.197. The minimum atomic E-state index is -0.126. The molecule has 0 aliphatic carbocycles. The van der Waals surface area contributed by atoms with E-state index in [2.05, 4.69) is 142 Å². The highest BCUT2D eigenvalue weighted by Gasteiger charge is 2.16. The van der Waals surface area contributed by atoms with Crippen LogP contribution in [0.2, 0.25) is 0 Å². The molecule has 0 aliphatic heterocycles. The van der Waals surface area contributed by atoms with E-state index in [1.165, 1.54) is 22.3 Å². The number of nitrogens with two attached hydrogens (primary N) is 1. The largest absolute Gasteiger partial charge is 0.481 e. The van der Waals surface area contributed by atoms with Gasteiger partial charge in [0.25, 0.3) is 0 Å². The molecule has 3 N–H and O–H groups in total. The topological polar surface area (TPSA) is 125 Å². The van der Waals surface area contributed by atoms with Gasteiger partial charge in [-0.15, -0.1) is 19.3 Å². The van der Waals surface area contributed by atoms with Crippen molar-refractivity contribution in [2.24, 2.45) is 0 Å². The number of H-pyrrole nitrogens is 1. The molecule has 11 heteroatoms. The van der Waals surface area contributed by atoms with Crippen LogP contribution in [0.1, 0.15) is 97.5 Å².